The molecule has 2 bridgehead atoms. The van der Waals surface area contributed by atoms with Gasteiger partial charge in [0, 0.05) is 12.8 Å². The molecular formula is C5H6Cl2O3. The summed E-state index contributed by atoms with van der Waals surface area (Å²) in [6, 6.07) is 0. The van der Waals surface area contributed by atoms with E-state index in [9.17, 15) is 0 Å². The molecule has 2 heterocycles. The van der Waals surface area contributed by atoms with Crippen LogP contribution in [0.5, 0.6) is 0 Å². The summed E-state index contributed by atoms with van der Waals surface area (Å²) in [5.74, 6) is 0. The van der Waals surface area contributed by atoms with Crippen LogP contribution in [0.15, 0.2) is 0 Å². The van der Waals surface area contributed by atoms with E-state index >= 15 is 0 Å². The molecule has 0 aromatic rings. The highest BCUT2D eigenvalue weighted by atomic mass is 35.5. The molecule has 2 atom stereocenters. The predicted octanol–water partition coefficient (Wildman–Crippen LogP) is 1.93. The number of fused-ring (bicyclic) bond motifs is 2. The van der Waals surface area contributed by atoms with Crippen molar-refractivity contribution in [2.75, 3.05) is 0 Å². The Morgan fingerprint density at radius 2 is 1.50 bits per heavy atom. The van der Waals surface area contributed by atoms with Crippen molar-refractivity contribution in [1.29, 1.82) is 0 Å². The molecule has 10 heavy (non-hydrogen) atoms. The van der Waals surface area contributed by atoms with Crippen LogP contribution in [0.1, 0.15) is 19.3 Å². The summed E-state index contributed by atoms with van der Waals surface area (Å²) in [7, 11) is 0. The highest BCUT2D eigenvalue weighted by molar-refractivity contribution is 6.25. The summed E-state index contributed by atoms with van der Waals surface area (Å²) in [5.41, 5.74) is 0. The molecule has 0 aromatic heterocycles. The van der Waals surface area contributed by atoms with Crippen molar-refractivity contribution in [1.82, 2.24) is 0 Å². The summed E-state index contributed by atoms with van der Waals surface area (Å²) >= 11 is 11.5. The molecule has 2 saturated heterocycles. The molecule has 58 valence electrons. The summed E-state index contributed by atoms with van der Waals surface area (Å²) in [5, 5.41) is -2.25. The summed E-state index contributed by atoms with van der Waals surface area (Å²) in [6.45, 7) is 0. The van der Waals surface area contributed by atoms with Crippen LogP contribution in [0.3, 0.4) is 0 Å². The van der Waals surface area contributed by atoms with Gasteiger partial charge in [0.2, 0.25) is 0 Å². The van der Waals surface area contributed by atoms with Gasteiger partial charge < -0.3 is 0 Å². The van der Waals surface area contributed by atoms with Crippen molar-refractivity contribution < 1.29 is 14.5 Å². The number of halogens is 2. The highest BCUT2D eigenvalue weighted by Crippen LogP contribution is 2.48. The molecule has 0 aromatic carbocycles. The Balaban J connectivity index is 2.20. The fraction of sp³-hybridized carbons (Fsp3) is 1.00. The second-order valence-corrected chi connectivity index (χ2v) is 3.59. The van der Waals surface area contributed by atoms with E-state index in [0.717, 1.165) is 6.42 Å². The van der Waals surface area contributed by atoms with Crippen molar-refractivity contribution in [3.05, 3.63) is 0 Å². The smallest absolute Gasteiger partial charge is 0.282 e. The first kappa shape index (κ1) is 7.13. The van der Waals surface area contributed by atoms with E-state index in [0.29, 0.717) is 12.8 Å². The minimum absolute atomic E-state index is 0.614. The number of hydrogen-bond acceptors (Lipinski definition) is 3. The van der Waals surface area contributed by atoms with Gasteiger partial charge in [0.05, 0.1) is 0 Å². The first-order valence-corrected chi connectivity index (χ1v) is 3.82. The van der Waals surface area contributed by atoms with E-state index in [2.05, 4.69) is 9.78 Å². The predicted molar refractivity (Wildman–Crippen MR) is 34.3 cm³/mol. The van der Waals surface area contributed by atoms with Gasteiger partial charge in [-0.25, -0.2) is 0 Å². The summed E-state index contributed by atoms with van der Waals surface area (Å²) in [6.07, 6.45) is 2.08. The quantitative estimate of drug-likeness (QED) is 0.426. The number of rotatable bonds is 0. The lowest BCUT2D eigenvalue weighted by atomic mass is 10.2. The van der Waals surface area contributed by atoms with E-state index in [4.69, 9.17) is 27.9 Å². The SMILES string of the molecule is ClC12CCCC(Cl)(OO1)O2. The van der Waals surface area contributed by atoms with E-state index in [1.54, 1.807) is 0 Å². The molecular weight excluding hydrogens is 179 g/mol. The third-order valence-electron chi connectivity index (χ3n) is 1.55. The van der Waals surface area contributed by atoms with Gasteiger partial charge in [0.15, 0.2) is 0 Å². The molecule has 2 fully saturated rings. The fourth-order valence-electron chi connectivity index (χ4n) is 1.08. The highest BCUT2D eigenvalue weighted by Gasteiger charge is 2.54. The third kappa shape index (κ3) is 1.02. The molecule has 5 heteroatoms. The van der Waals surface area contributed by atoms with Crippen LogP contribution in [0.2, 0.25) is 0 Å². The molecule has 3 nitrogen and oxygen atoms in total. The molecule has 2 aliphatic heterocycles. The van der Waals surface area contributed by atoms with E-state index in [-0.39, 0.29) is 0 Å². The van der Waals surface area contributed by atoms with E-state index < -0.39 is 10.5 Å². The van der Waals surface area contributed by atoms with Crippen molar-refractivity contribution in [3.63, 3.8) is 0 Å². The van der Waals surface area contributed by atoms with Gasteiger partial charge in [0.25, 0.3) is 10.5 Å². The lowest BCUT2D eigenvalue weighted by Gasteiger charge is -2.25. The van der Waals surface area contributed by atoms with Gasteiger partial charge in [-0.15, -0.1) is 0 Å². The summed E-state index contributed by atoms with van der Waals surface area (Å²) < 4.78 is 5.06. The molecule has 2 aliphatic rings. The van der Waals surface area contributed by atoms with E-state index in [1.807, 2.05) is 0 Å². The van der Waals surface area contributed by atoms with Crippen molar-refractivity contribution in [3.8, 4) is 0 Å². The monoisotopic (exact) mass is 184 g/mol. The Labute approximate surface area is 68.1 Å². The number of alkyl halides is 2. The molecule has 0 amide bonds. The van der Waals surface area contributed by atoms with Crippen LogP contribution >= 0.6 is 23.2 Å². The molecule has 0 aliphatic carbocycles. The normalized spacial score (nSPS) is 53.4. The molecule has 0 saturated carbocycles. The first-order chi connectivity index (χ1) is 4.62. The second kappa shape index (κ2) is 1.99. The molecule has 0 N–H and O–H groups in total. The Morgan fingerprint density at radius 3 is 1.90 bits per heavy atom. The molecule has 0 radical (unpaired) electrons. The minimum atomic E-state index is -1.12. The van der Waals surface area contributed by atoms with Gasteiger partial charge in [-0.1, -0.05) is 23.2 Å². The maximum atomic E-state index is 5.74. The van der Waals surface area contributed by atoms with Crippen LogP contribution in [-0.2, 0) is 14.5 Å². The zero-order valence-electron chi connectivity index (χ0n) is 5.10. The van der Waals surface area contributed by atoms with Crippen molar-refractivity contribution >= 4 is 23.2 Å². The van der Waals surface area contributed by atoms with Gasteiger partial charge in [-0.05, 0) is 6.42 Å². The lowest BCUT2D eigenvalue weighted by molar-refractivity contribution is -0.310. The molecule has 0 spiro atoms. The maximum absolute atomic E-state index is 5.74. The summed E-state index contributed by atoms with van der Waals surface area (Å²) in [4.78, 5) is 9.36. The van der Waals surface area contributed by atoms with E-state index in [1.165, 1.54) is 0 Å². The van der Waals surface area contributed by atoms with Crippen molar-refractivity contribution in [2.24, 2.45) is 0 Å². The van der Waals surface area contributed by atoms with Crippen LogP contribution in [-0.4, -0.2) is 10.5 Å². The number of hydrogen-bond donors (Lipinski definition) is 0. The molecule has 2 unspecified atom stereocenters. The zero-order valence-corrected chi connectivity index (χ0v) is 6.61. The van der Waals surface area contributed by atoms with Crippen molar-refractivity contribution in [2.45, 2.75) is 29.8 Å². The maximum Gasteiger partial charge on any atom is 0.282 e. The Morgan fingerprint density at radius 1 is 1.00 bits per heavy atom. The Kier molecular flexibility index (Phi) is 1.42. The second-order valence-electron chi connectivity index (χ2n) is 2.44. The van der Waals surface area contributed by atoms with Gasteiger partial charge >= 0.3 is 0 Å². The Hall–Kier alpha value is 0.460. The van der Waals surface area contributed by atoms with Crippen LogP contribution in [0.4, 0.5) is 0 Å². The van der Waals surface area contributed by atoms with Gasteiger partial charge in [-0.2, -0.15) is 9.78 Å². The topological polar surface area (TPSA) is 27.7 Å². The van der Waals surface area contributed by atoms with Crippen LogP contribution < -0.4 is 0 Å². The number of ether oxygens (including phenoxy) is 1. The van der Waals surface area contributed by atoms with Crippen LogP contribution in [0, 0.1) is 0 Å². The largest absolute Gasteiger partial charge is 0.286 e. The third-order valence-corrected chi connectivity index (χ3v) is 2.20. The zero-order chi connectivity index (χ0) is 7.24. The average molecular weight is 185 g/mol. The van der Waals surface area contributed by atoms with Gasteiger partial charge in [-0.3, -0.25) is 4.74 Å². The first-order valence-electron chi connectivity index (χ1n) is 3.07. The standard InChI is InChI=1S/C5H6Cl2O3/c6-4-2-1-3-5(7,8-4)10-9-4/h1-3H2. The minimum Gasteiger partial charge on any atom is -0.286 e. The lowest BCUT2D eigenvalue weighted by Crippen LogP contribution is -2.33. The fourth-order valence-corrected chi connectivity index (χ4v) is 1.70. The molecule has 2 rings (SSSR count). The van der Waals surface area contributed by atoms with Gasteiger partial charge in [0.1, 0.15) is 0 Å². The Bertz CT molecular complexity index is 149. The average Bonchev–Trinajstić information content (AvgIpc) is 2.03. The van der Waals surface area contributed by atoms with Crippen LogP contribution in [0.25, 0.3) is 0 Å².